The Morgan fingerprint density at radius 1 is 0.583 bits per heavy atom. The molecule has 2 heteroatoms. The van der Waals surface area contributed by atoms with E-state index in [1.165, 1.54) is 5.19 Å². The van der Waals surface area contributed by atoms with Crippen molar-refractivity contribution in [2.24, 2.45) is 0 Å². The van der Waals surface area contributed by atoms with Gasteiger partial charge in [0.1, 0.15) is 5.60 Å². The molecule has 0 aliphatic carbocycles. The molecule has 0 radical (unpaired) electrons. The molecule has 3 aromatic rings. The molecule has 0 aliphatic heterocycles. The Kier molecular flexibility index (Phi) is 4.44. The van der Waals surface area contributed by atoms with E-state index in [1.807, 2.05) is 60.7 Å². The molecule has 0 saturated carbocycles. The average molecular weight is 333 g/mol. The fourth-order valence-electron chi connectivity index (χ4n) is 3.07. The lowest BCUT2D eigenvalue weighted by Gasteiger charge is -2.30. The second-order valence-corrected chi connectivity index (χ2v) is 12.3. The number of aliphatic hydroxyl groups is 1. The minimum Gasteiger partial charge on any atom is -0.376 e. The second-order valence-electron chi connectivity index (χ2n) is 7.27. The lowest BCUT2D eigenvalue weighted by molar-refractivity contribution is 0.126. The summed E-state index contributed by atoms with van der Waals surface area (Å²) in [5, 5.41) is 13.1. The third kappa shape index (κ3) is 3.08. The van der Waals surface area contributed by atoms with E-state index < -0.39 is 13.7 Å². The zero-order valence-corrected chi connectivity index (χ0v) is 15.5. The summed E-state index contributed by atoms with van der Waals surface area (Å²) in [6.45, 7) is 7.01. The molecule has 0 aromatic heterocycles. The normalized spacial score (nSPS) is 12.2. The van der Waals surface area contributed by atoms with Gasteiger partial charge in [-0.15, -0.1) is 0 Å². The van der Waals surface area contributed by atoms with Crippen LogP contribution in [-0.2, 0) is 5.60 Å². The maximum absolute atomic E-state index is 11.7. The molecule has 0 unspecified atom stereocenters. The highest BCUT2D eigenvalue weighted by atomic mass is 28.3. The summed E-state index contributed by atoms with van der Waals surface area (Å²) in [4.78, 5) is 0. The van der Waals surface area contributed by atoms with Crippen LogP contribution in [0.5, 0.6) is 0 Å². The highest BCUT2D eigenvalue weighted by molar-refractivity contribution is 6.88. The van der Waals surface area contributed by atoms with Crippen LogP contribution in [-0.4, -0.2) is 13.2 Å². The Morgan fingerprint density at radius 2 is 0.958 bits per heavy atom. The van der Waals surface area contributed by atoms with E-state index in [2.05, 4.69) is 43.9 Å². The highest BCUT2D eigenvalue weighted by Crippen LogP contribution is 2.36. The van der Waals surface area contributed by atoms with Crippen LogP contribution >= 0.6 is 0 Å². The van der Waals surface area contributed by atoms with Gasteiger partial charge in [0, 0.05) is 0 Å². The first-order valence-electron chi connectivity index (χ1n) is 8.37. The van der Waals surface area contributed by atoms with E-state index in [1.54, 1.807) is 0 Å². The van der Waals surface area contributed by atoms with Gasteiger partial charge in [-0.05, 0) is 16.7 Å². The van der Waals surface area contributed by atoms with Crippen LogP contribution in [0.2, 0.25) is 19.6 Å². The molecule has 0 saturated heterocycles. The van der Waals surface area contributed by atoms with Gasteiger partial charge in [0.15, 0.2) is 0 Å². The molecule has 1 N–H and O–H groups in total. The predicted molar refractivity (Wildman–Crippen MR) is 104 cm³/mol. The van der Waals surface area contributed by atoms with E-state index in [0.29, 0.717) is 0 Å². The Bertz CT molecular complexity index is 747. The van der Waals surface area contributed by atoms with Gasteiger partial charge in [0.2, 0.25) is 0 Å². The number of benzene rings is 3. The van der Waals surface area contributed by atoms with Crippen LogP contribution in [0.4, 0.5) is 0 Å². The van der Waals surface area contributed by atoms with Crippen LogP contribution in [0.1, 0.15) is 16.7 Å². The summed E-state index contributed by atoms with van der Waals surface area (Å²) in [6, 6.07) is 28.3. The maximum atomic E-state index is 11.7. The van der Waals surface area contributed by atoms with Crippen molar-refractivity contribution in [3.63, 3.8) is 0 Å². The Hall–Kier alpha value is -2.16. The number of hydrogen-bond donors (Lipinski definition) is 1. The summed E-state index contributed by atoms with van der Waals surface area (Å²) in [5.41, 5.74) is 1.54. The zero-order valence-electron chi connectivity index (χ0n) is 14.5. The lowest BCUT2D eigenvalue weighted by Crippen LogP contribution is -2.38. The molecule has 3 rings (SSSR count). The minimum atomic E-state index is -1.36. The van der Waals surface area contributed by atoms with Crippen LogP contribution in [0.15, 0.2) is 84.9 Å². The van der Waals surface area contributed by atoms with Crippen molar-refractivity contribution in [1.29, 1.82) is 0 Å². The van der Waals surface area contributed by atoms with Crippen molar-refractivity contribution in [1.82, 2.24) is 0 Å². The average Bonchev–Trinajstić information content (AvgIpc) is 2.62. The SMILES string of the molecule is C[Si](C)(C)c1ccc(C(O)(c2ccccc2)c2ccccc2)cc1. The highest BCUT2D eigenvalue weighted by Gasteiger charge is 2.33. The van der Waals surface area contributed by atoms with Crippen LogP contribution in [0.3, 0.4) is 0 Å². The van der Waals surface area contributed by atoms with Gasteiger partial charge in [-0.1, -0.05) is 110 Å². The Balaban J connectivity index is 2.16. The van der Waals surface area contributed by atoms with Crippen molar-refractivity contribution in [2.45, 2.75) is 25.2 Å². The lowest BCUT2D eigenvalue weighted by atomic mass is 9.80. The van der Waals surface area contributed by atoms with Crippen molar-refractivity contribution < 1.29 is 5.11 Å². The largest absolute Gasteiger partial charge is 0.376 e. The molecule has 24 heavy (non-hydrogen) atoms. The molecule has 0 spiro atoms. The van der Waals surface area contributed by atoms with Crippen molar-refractivity contribution >= 4 is 13.3 Å². The quantitative estimate of drug-likeness (QED) is 0.550. The fourth-order valence-corrected chi connectivity index (χ4v) is 4.24. The first-order chi connectivity index (χ1) is 11.4. The molecule has 122 valence electrons. The molecule has 0 aliphatic rings. The molecular formula is C22H24OSi. The zero-order chi connectivity index (χ0) is 17.2. The van der Waals surface area contributed by atoms with Gasteiger partial charge in [-0.25, -0.2) is 0 Å². The fraction of sp³-hybridized carbons (Fsp3) is 0.182. The van der Waals surface area contributed by atoms with Crippen LogP contribution in [0.25, 0.3) is 0 Å². The summed E-state index contributed by atoms with van der Waals surface area (Å²) in [7, 11) is -1.36. The van der Waals surface area contributed by atoms with E-state index >= 15 is 0 Å². The first-order valence-corrected chi connectivity index (χ1v) is 11.9. The summed E-state index contributed by atoms with van der Waals surface area (Å²) < 4.78 is 0. The van der Waals surface area contributed by atoms with Gasteiger partial charge in [-0.2, -0.15) is 0 Å². The number of hydrogen-bond acceptors (Lipinski definition) is 1. The molecule has 0 fully saturated rings. The first kappa shape index (κ1) is 16.7. The van der Waals surface area contributed by atoms with Gasteiger partial charge >= 0.3 is 0 Å². The molecule has 0 atom stereocenters. The predicted octanol–water partition coefficient (Wildman–Crippen LogP) is 4.52. The van der Waals surface area contributed by atoms with E-state index in [4.69, 9.17) is 0 Å². The molecule has 0 bridgehead atoms. The maximum Gasteiger partial charge on any atom is 0.140 e. The van der Waals surface area contributed by atoms with Crippen molar-refractivity contribution in [3.05, 3.63) is 102 Å². The summed E-state index contributed by atoms with van der Waals surface area (Å²) in [6.07, 6.45) is 0. The Labute approximate surface area is 145 Å². The molecule has 1 nitrogen and oxygen atoms in total. The smallest absolute Gasteiger partial charge is 0.140 e. The van der Waals surface area contributed by atoms with Crippen molar-refractivity contribution in [2.75, 3.05) is 0 Å². The van der Waals surface area contributed by atoms with Gasteiger partial charge in [0.25, 0.3) is 0 Å². The summed E-state index contributed by atoms with van der Waals surface area (Å²) >= 11 is 0. The second kappa shape index (κ2) is 6.38. The topological polar surface area (TPSA) is 20.2 Å². The minimum absolute atomic E-state index is 0.886. The molecular weight excluding hydrogens is 308 g/mol. The van der Waals surface area contributed by atoms with Gasteiger partial charge in [-0.3, -0.25) is 0 Å². The van der Waals surface area contributed by atoms with E-state index in [0.717, 1.165) is 16.7 Å². The van der Waals surface area contributed by atoms with Crippen LogP contribution in [0, 0.1) is 0 Å². The Morgan fingerprint density at radius 3 is 1.33 bits per heavy atom. The van der Waals surface area contributed by atoms with E-state index in [9.17, 15) is 5.11 Å². The van der Waals surface area contributed by atoms with Crippen molar-refractivity contribution in [3.8, 4) is 0 Å². The van der Waals surface area contributed by atoms with Gasteiger partial charge < -0.3 is 5.11 Å². The van der Waals surface area contributed by atoms with Gasteiger partial charge in [0.05, 0.1) is 8.07 Å². The number of rotatable bonds is 4. The molecule has 0 heterocycles. The van der Waals surface area contributed by atoms with E-state index in [-0.39, 0.29) is 0 Å². The standard InChI is InChI=1S/C22H24OSi/c1-24(2,3)21-16-14-20(15-17-21)22(23,18-10-6-4-7-11-18)19-12-8-5-9-13-19/h4-17,23H,1-3H3. The molecule has 0 amide bonds. The summed E-state index contributed by atoms with van der Waals surface area (Å²) in [5.74, 6) is 0. The third-order valence-electron chi connectivity index (χ3n) is 4.55. The monoisotopic (exact) mass is 332 g/mol. The molecule has 3 aromatic carbocycles. The van der Waals surface area contributed by atoms with Crippen LogP contribution < -0.4 is 5.19 Å². The third-order valence-corrected chi connectivity index (χ3v) is 6.62.